The van der Waals surface area contributed by atoms with Crippen LogP contribution in [0.15, 0.2) is 24.3 Å². The van der Waals surface area contributed by atoms with E-state index in [2.05, 4.69) is 0 Å². The number of carboxylic acids is 1. The topological polar surface area (TPSA) is 94.9 Å². The number of β-amino-alcohol motifs (C(OH)–C–C–N with tert-alkyl or cyclic N) is 1. The summed E-state index contributed by atoms with van der Waals surface area (Å²) in [7, 11) is -3.56. The van der Waals surface area contributed by atoms with Gasteiger partial charge in [0, 0.05) is 0 Å². The standard InChI is InChI=1S/C13H15NO5S/c15-12(16)13(17)7-14(8-13)20(18,19)11-5-9-3-1-2-4-10(9)6-11/h1-4,11,17H,5-8H2,(H,15,16). The first kappa shape index (κ1) is 13.5. The van der Waals surface area contributed by atoms with Gasteiger partial charge in [-0.25, -0.2) is 13.2 Å². The van der Waals surface area contributed by atoms with E-state index in [0.29, 0.717) is 12.8 Å². The first-order valence-electron chi connectivity index (χ1n) is 6.34. The first-order valence-corrected chi connectivity index (χ1v) is 7.85. The largest absolute Gasteiger partial charge is 0.479 e. The van der Waals surface area contributed by atoms with E-state index in [0.717, 1.165) is 15.4 Å². The monoisotopic (exact) mass is 297 g/mol. The first-order chi connectivity index (χ1) is 9.33. The number of benzene rings is 1. The molecule has 3 rings (SSSR count). The van der Waals surface area contributed by atoms with Crippen molar-refractivity contribution in [3.63, 3.8) is 0 Å². The summed E-state index contributed by atoms with van der Waals surface area (Å²) in [6.45, 7) is -0.727. The minimum Gasteiger partial charge on any atom is -0.479 e. The van der Waals surface area contributed by atoms with Gasteiger partial charge in [-0.2, -0.15) is 4.31 Å². The molecule has 0 aromatic heterocycles. The Bertz CT molecular complexity index is 638. The second-order valence-electron chi connectivity index (χ2n) is 5.45. The van der Waals surface area contributed by atoms with Crippen molar-refractivity contribution < 1.29 is 23.4 Å². The van der Waals surface area contributed by atoms with Gasteiger partial charge in [-0.05, 0) is 24.0 Å². The average molecular weight is 297 g/mol. The third-order valence-corrected chi connectivity index (χ3v) is 6.22. The maximum atomic E-state index is 12.4. The highest BCUT2D eigenvalue weighted by Crippen LogP contribution is 2.32. The number of aliphatic hydroxyl groups is 1. The van der Waals surface area contributed by atoms with Crippen LogP contribution in [0.4, 0.5) is 0 Å². The van der Waals surface area contributed by atoms with Crippen molar-refractivity contribution in [2.75, 3.05) is 13.1 Å². The number of aliphatic carboxylic acids is 1. The molecule has 2 N–H and O–H groups in total. The van der Waals surface area contributed by atoms with Crippen LogP contribution in [0.25, 0.3) is 0 Å². The lowest BCUT2D eigenvalue weighted by Crippen LogP contribution is -2.68. The van der Waals surface area contributed by atoms with Crippen LogP contribution in [0.2, 0.25) is 0 Å². The van der Waals surface area contributed by atoms with Crippen molar-refractivity contribution in [3.8, 4) is 0 Å². The predicted molar refractivity (Wildman–Crippen MR) is 70.7 cm³/mol. The van der Waals surface area contributed by atoms with Gasteiger partial charge >= 0.3 is 5.97 Å². The number of sulfonamides is 1. The Morgan fingerprint density at radius 3 is 2.15 bits per heavy atom. The zero-order chi connectivity index (χ0) is 14.5. The van der Waals surface area contributed by atoms with Crippen LogP contribution in [-0.4, -0.2) is 52.8 Å². The molecule has 1 fully saturated rings. The van der Waals surface area contributed by atoms with Gasteiger partial charge in [0.1, 0.15) is 0 Å². The molecule has 108 valence electrons. The Labute approximate surface area is 116 Å². The van der Waals surface area contributed by atoms with Gasteiger partial charge in [0.15, 0.2) is 5.60 Å². The summed E-state index contributed by atoms with van der Waals surface area (Å²) in [5.41, 5.74) is 0.114. The van der Waals surface area contributed by atoms with Crippen LogP contribution in [-0.2, 0) is 27.7 Å². The number of hydrogen-bond donors (Lipinski definition) is 2. The quantitative estimate of drug-likeness (QED) is 0.792. The van der Waals surface area contributed by atoms with E-state index in [1.165, 1.54) is 0 Å². The molecular weight excluding hydrogens is 282 g/mol. The molecule has 0 spiro atoms. The van der Waals surface area contributed by atoms with Gasteiger partial charge in [0.2, 0.25) is 10.0 Å². The van der Waals surface area contributed by atoms with Crippen molar-refractivity contribution in [1.29, 1.82) is 0 Å². The van der Waals surface area contributed by atoms with Crippen molar-refractivity contribution in [1.82, 2.24) is 4.31 Å². The number of rotatable bonds is 3. The molecule has 1 heterocycles. The fourth-order valence-corrected chi connectivity index (χ4v) is 4.78. The second kappa shape index (κ2) is 4.28. The minimum absolute atomic E-state index is 0.364. The summed E-state index contributed by atoms with van der Waals surface area (Å²) in [6.07, 6.45) is 0.890. The van der Waals surface area contributed by atoms with Gasteiger partial charge in [-0.3, -0.25) is 0 Å². The van der Waals surface area contributed by atoms with Crippen molar-refractivity contribution >= 4 is 16.0 Å². The zero-order valence-electron chi connectivity index (χ0n) is 10.7. The van der Waals surface area contributed by atoms with Crippen LogP contribution >= 0.6 is 0 Å². The molecule has 2 aliphatic rings. The number of hydrogen-bond acceptors (Lipinski definition) is 4. The van der Waals surface area contributed by atoms with E-state index in [1.54, 1.807) is 0 Å². The molecule has 1 saturated heterocycles. The molecule has 1 aromatic rings. The molecule has 0 bridgehead atoms. The van der Waals surface area contributed by atoms with E-state index < -0.39 is 26.8 Å². The SMILES string of the molecule is O=C(O)C1(O)CN(S(=O)(=O)C2Cc3ccccc3C2)C1. The lowest BCUT2D eigenvalue weighted by molar-refractivity contribution is -0.170. The highest BCUT2D eigenvalue weighted by molar-refractivity contribution is 7.89. The number of fused-ring (bicyclic) bond motifs is 1. The number of carbonyl (C=O) groups is 1. The molecule has 1 aliphatic carbocycles. The summed E-state index contributed by atoms with van der Waals surface area (Å²) < 4.78 is 25.9. The third kappa shape index (κ3) is 1.93. The molecule has 1 aromatic carbocycles. The van der Waals surface area contributed by atoms with Crippen molar-refractivity contribution in [3.05, 3.63) is 35.4 Å². The maximum Gasteiger partial charge on any atom is 0.338 e. The lowest BCUT2D eigenvalue weighted by Gasteiger charge is -2.43. The number of carboxylic acid groups (broad SMARTS) is 1. The number of nitrogens with zero attached hydrogens (tertiary/aromatic N) is 1. The van der Waals surface area contributed by atoms with Crippen LogP contribution in [0.3, 0.4) is 0 Å². The summed E-state index contributed by atoms with van der Waals surface area (Å²) >= 11 is 0. The Balaban J connectivity index is 1.75. The summed E-state index contributed by atoms with van der Waals surface area (Å²) in [4.78, 5) is 10.8. The Hall–Kier alpha value is -1.44. The van der Waals surface area contributed by atoms with E-state index in [9.17, 15) is 18.3 Å². The second-order valence-corrected chi connectivity index (χ2v) is 7.66. The van der Waals surface area contributed by atoms with Gasteiger partial charge in [-0.15, -0.1) is 0 Å². The molecule has 0 atom stereocenters. The van der Waals surface area contributed by atoms with Gasteiger partial charge in [0.05, 0.1) is 18.3 Å². The fourth-order valence-electron chi connectivity index (χ4n) is 2.79. The molecule has 0 radical (unpaired) electrons. The summed E-state index contributed by atoms with van der Waals surface area (Å²) in [5.74, 6) is -1.38. The third-order valence-electron chi connectivity index (χ3n) is 4.07. The van der Waals surface area contributed by atoms with Crippen LogP contribution in [0.1, 0.15) is 11.1 Å². The maximum absolute atomic E-state index is 12.4. The fraction of sp³-hybridized carbons (Fsp3) is 0.462. The van der Waals surface area contributed by atoms with Crippen LogP contribution < -0.4 is 0 Å². The van der Waals surface area contributed by atoms with E-state index in [1.807, 2.05) is 24.3 Å². The van der Waals surface area contributed by atoms with Crippen molar-refractivity contribution in [2.45, 2.75) is 23.7 Å². The average Bonchev–Trinajstić information content (AvgIpc) is 2.79. The van der Waals surface area contributed by atoms with E-state index >= 15 is 0 Å². The molecular formula is C13H15NO5S. The zero-order valence-corrected chi connectivity index (χ0v) is 11.5. The molecule has 20 heavy (non-hydrogen) atoms. The highest BCUT2D eigenvalue weighted by Gasteiger charge is 2.54. The Kier molecular flexibility index (Phi) is 2.89. The predicted octanol–water partition coefficient (Wildman–Crippen LogP) is -0.385. The Morgan fingerprint density at radius 2 is 1.70 bits per heavy atom. The molecule has 7 heteroatoms. The molecule has 1 aliphatic heterocycles. The van der Waals surface area contributed by atoms with Crippen LogP contribution in [0, 0.1) is 0 Å². The van der Waals surface area contributed by atoms with E-state index in [4.69, 9.17) is 5.11 Å². The molecule has 6 nitrogen and oxygen atoms in total. The lowest BCUT2D eigenvalue weighted by atomic mass is 9.98. The molecule has 0 saturated carbocycles. The molecule has 0 unspecified atom stereocenters. The highest BCUT2D eigenvalue weighted by atomic mass is 32.2. The molecule has 0 amide bonds. The van der Waals surface area contributed by atoms with Crippen LogP contribution in [0.5, 0.6) is 0 Å². The minimum atomic E-state index is -3.56. The van der Waals surface area contributed by atoms with Gasteiger partial charge < -0.3 is 10.2 Å². The normalized spacial score (nSPS) is 22.2. The summed E-state index contributed by atoms with van der Waals surface area (Å²) in [5, 5.41) is 17.9. The van der Waals surface area contributed by atoms with E-state index in [-0.39, 0.29) is 13.1 Å². The Morgan fingerprint density at radius 1 is 1.20 bits per heavy atom. The summed E-state index contributed by atoms with van der Waals surface area (Å²) in [6, 6.07) is 7.57. The van der Waals surface area contributed by atoms with Gasteiger partial charge in [-0.1, -0.05) is 24.3 Å². The van der Waals surface area contributed by atoms with Gasteiger partial charge in [0.25, 0.3) is 0 Å². The van der Waals surface area contributed by atoms with Crippen molar-refractivity contribution in [2.24, 2.45) is 0 Å². The smallest absolute Gasteiger partial charge is 0.338 e.